The third-order valence-electron chi connectivity index (χ3n) is 2.10. The maximum Gasteiger partial charge on any atom is 0.133 e. The monoisotopic (exact) mass is 240 g/mol. The Balaban J connectivity index is 2.51. The lowest BCUT2D eigenvalue weighted by molar-refractivity contribution is 0.835. The van der Waals surface area contributed by atoms with Crippen molar-refractivity contribution in [3.8, 4) is 0 Å². The Morgan fingerprint density at radius 2 is 2.25 bits per heavy atom. The molecule has 5 heteroatoms. The highest BCUT2D eigenvalue weighted by molar-refractivity contribution is 7.98. The fourth-order valence-electron chi connectivity index (χ4n) is 1.38. The lowest BCUT2D eigenvalue weighted by Crippen LogP contribution is -2.08. The Morgan fingerprint density at radius 1 is 1.44 bits per heavy atom. The van der Waals surface area contributed by atoms with Crippen molar-refractivity contribution in [2.24, 2.45) is 0 Å². The van der Waals surface area contributed by atoms with Crippen molar-refractivity contribution in [3.05, 3.63) is 11.9 Å². The first-order valence-electron chi connectivity index (χ1n) is 5.62. The lowest BCUT2D eigenvalue weighted by atomic mass is 10.3. The number of anilines is 2. The number of nitrogen functional groups attached to an aromatic ring is 1. The van der Waals surface area contributed by atoms with Crippen molar-refractivity contribution >= 4 is 23.4 Å². The molecular formula is C11H20N4S. The van der Waals surface area contributed by atoms with Crippen LogP contribution in [0.25, 0.3) is 0 Å². The first-order chi connectivity index (χ1) is 7.76. The van der Waals surface area contributed by atoms with Crippen molar-refractivity contribution in [2.45, 2.75) is 26.2 Å². The maximum atomic E-state index is 5.72. The quantitative estimate of drug-likeness (QED) is 0.715. The van der Waals surface area contributed by atoms with Crippen molar-refractivity contribution in [1.82, 2.24) is 9.97 Å². The van der Waals surface area contributed by atoms with E-state index in [2.05, 4.69) is 28.5 Å². The predicted molar refractivity (Wildman–Crippen MR) is 71.9 cm³/mol. The number of hydrogen-bond acceptors (Lipinski definition) is 5. The number of hydrogen-bond donors (Lipinski definition) is 2. The Kier molecular flexibility index (Phi) is 6.00. The van der Waals surface area contributed by atoms with Crippen LogP contribution in [0.3, 0.4) is 0 Å². The standard InChI is InChI=1S/C11H20N4S/c1-3-5-10-14-9(12)8-11(15-10)13-6-4-7-16-2/h8H,3-7H2,1-2H3,(H3,12,13,14,15). The molecule has 0 aromatic carbocycles. The van der Waals surface area contributed by atoms with Gasteiger partial charge in [0.15, 0.2) is 0 Å². The topological polar surface area (TPSA) is 63.8 Å². The summed E-state index contributed by atoms with van der Waals surface area (Å²) in [5.41, 5.74) is 5.72. The van der Waals surface area contributed by atoms with E-state index in [1.54, 1.807) is 6.07 Å². The average Bonchev–Trinajstić information content (AvgIpc) is 2.24. The second-order valence-electron chi connectivity index (χ2n) is 3.62. The van der Waals surface area contributed by atoms with Gasteiger partial charge in [-0.3, -0.25) is 0 Å². The van der Waals surface area contributed by atoms with Crippen molar-refractivity contribution in [3.63, 3.8) is 0 Å². The van der Waals surface area contributed by atoms with Crippen molar-refractivity contribution in [2.75, 3.05) is 29.6 Å². The third-order valence-corrected chi connectivity index (χ3v) is 2.79. The summed E-state index contributed by atoms with van der Waals surface area (Å²) < 4.78 is 0. The number of nitrogens with zero attached hydrogens (tertiary/aromatic N) is 2. The zero-order chi connectivity index (χ0) is 11.8. The molecule has 90 valence electrons. The smallest absolute Gasteiger partial charge is 0.133 e. The summed E-state index contributed by atoms with van der Waals surface area (Å²) in [4.78, 5) is 8.60. The molecule has 1 rings (SSSR count). The number of nitrogens with one attached hydrogen (secondary N) is 1. The molecule has 1 heterocycles. The number of aryl methyl sites for hydroxylation is 1. The van der Waals surface area contributed by atoms with Gasteiger partial charge in [-0.2, -0.15) is 11.8 Å². The molecule has 0 spiro atoms. The van der Waals surface area contributed by atoms with Gasteiger partial charge in [0.25, 0.3) is 0 Å². The molecule has 0 saturated heterocycles. The van der Waals surface area contributed by atoms with Crippen molar-refractivity contribution < 1.29 is 0 Å². The van der Waals surface area contributed by atoms with Crippen LogP contribution < -0.4 is 11.1 Å². The molecule has 0 fully saturated rings. The van der Waals surface area contributed by atoms with Crippen LogP contribution in [0.15, 0.2) is 6.07 Å². The Hall–Kier alpha value is -0.970. The molecule has 16 heavy (non-hydrogen) atoms. The molecule has 3 N–H and O–H groups in total. The third kappa shape index (κ3) is 4.70. The summed E-state index contributed by atoms with van der Waals surface area (Å²) in [5.74, 6) is 3.38. The van der Waals surface area contributed by atoms with Gasteiger partial charge in [0, 0.05) is 19.0 Å². The van der Waals surface area contributed by atoms with Gasteiger partial charge < -0.3 is 11.1 Å². The Labute approximate surface area is 101 Å². The van der Waals surface area contributed by atoms with Crippen LogP contribution in [0.4, 0.5) is 11.6 Å². The van der Waals surface area contributed by atoms with Gasteiger partial charge in [-0.25, -0.2) is 9.97 Å². The van der Waals surface area contributed by atoms with E-state index in [0.29, 0.717) is 5.82 Å². The second-order valence-corrected chi connectivity index (χ2v) is 4.60. The van der Waals surface area contributed by atoms with E-state index in [9.17, 15) is 0 Å². The van der Waals surface area contributed by atoms with Gasteiger partial charge in [0.2, 0.25) is 0 Å². The highest BCUT2D eigenvalue weighted by Gasteiger charge is 2.01. The van der Waals surface area contributed by atoms with Crippen LogP contribution in [-0.4, -0.2) is 28.5 Å². The highest BCUT2D eigenvalue weighted by Crippen LogP contribution is 2.09. The molecule has 0 amide bonds. The first kappa shape index (κ1) is 13.1. The molecule has 0 saturated carbocycles. The minimum atomic E-state index is 0.547. The maximum absolute atomic E-state index is 5.72. The van der Waals surface area contributed by atoms with E-state index in [4.69, 9.17) is 5.73 Å². The van der Waals surface area contributed by atoms with Gasteiger partial charge in [0.05, 0.1) is 0 Å². The predicted octanol–water partition coefficient (Wildman–Crippen LogP) is 2.18. The lowest BCUT2D eigenvalue weighted by Gasteiger charge is -2.07. The van der Waals surface area contributed by atoms with Crippen LogP contribution in [0.5, 0.6) is 0 Å². The van der Waals surface area contributed by atoms with Gasteiger partial charge in [0.1, 0.15) is 17.5 Å². The van der Waals surface area contributed by atoms with Gasteiger partial charge in [-0.1, -0.05) is 6.92 Å². The summed E-state index contributed by atoms with van der Waals surface area (Å²) >= 11 is 1.85. The minimum absolute atomic E-state index is 0.547. The second kappa shape index (κ2) is 7.33. The SMILES string of the molecule is CCCc1nc(N)cc(NCCCSC)n1. The molecule has 0 aliphatic carbocycles. The van der Waals surface area contributed by atoms with E-state index >= 15 is 0 Å². The molecule has 0 unspecified atom stereocenters. The number of rotatable bonds is 7. The molecule has 0 aliphatic heterocycles. The molecule has 1 aromatic rings. The van der Waals surface area contributed by atoms with Crippen LogP contribution in [-0.2, 0) is 6.42 Å². The minimum Gasteiger partial charge on any atom is -0.384 e. The largest absolute Gasteiger partial charge is 0.384 e. The van der Waals surface area contributed by atoms with E-state index < -0.39 is 0 Å². The van der Waals surface area contributed by atoms with Crippen LogP contribution in [0.1, 0.15) is 25.6 Å². The number of nitrogens with two attached hydrogens (primary N) is 1. The number of aromatic nitrogens is 2. The number of thioether (sulfide) groups is 1. The normalized spacial score (nSPS) is 10.4. The summed E-state index contributed by atoms with van der Waals surface area (Å²) in [6, 6.07) is 1.79. The average molecular weight is 240 g/mol. The van der Waals surface area contributed by atoms with Gasteiger partial charge in [-0.15, -0.1) is 0 Å². The summed E-state index contributed by atoms with van der Waals surface area (Å²) in [5, 5.41) is 3.27. The molecule has 0 atom stereocenters. The Morgan fingerprint density at radius 3 is 2.94 bits per heavy atom. The van der Waals surface area contributed by atoms with Gasteiger partial charge in [-0.05, 0) is 24.9 Å². The molecule has 4 nitrogen and oxygen atoms in total. The summed E-state index contributed by atoms with van der Waals surface area (Å²) in [7, 11) is 0. The molecule has 0 aliphatic rings. The van der Waals surface area contributed by atoms with E-state index in [-0.39, 0.29) is 0 Å². The Bertz CT molecular complexity index is 317. The van der Waals surface area contributed by atoms with E-state index in [1.165, 1.54) is 0 Å². The zero-order valence-electron chi connectivity index (χ0n) is 9.99. The molecule has 0 radical (unpaired) electrons. The molecular weight excluding hydrogens is 220 g/mol. The summed E-state index contributed by atoms with van der Waals surface area (Å²) in [6.07, 6.45) is 5.16. The zero-order valence-corrected chi connectivity index (χ0v) is 10.8. The van der Waals surface area contributed by atoms with E-state index in [0.717, 1.165) is 43.2 Å². The van der Waals surface area contributed by atoms with E-state index in [1.807, 2.05) is 11.8 Å². The van der Waals surface area contributed by atoms with Crippen molar-refractivity contribution in [1.29, 1.82) is 0 Å². The van der Waals surface area contributed by atoms with Gasteiger partial charge >= 0.3 is 0 Å². The summed E-state index contributed by atoms with van der Waals surface area (Å²) in [6.45, 7) is 3.04. The van der Waals surface area contributed by atoms with Crippen LogP contribution in [0.2, 0.25) is 0 Å². The molecule has 1 aromatic heterocycles. The molecule has 0 bridgehead atoms. The first-order valence-corrected chi connectivity index (χ1v) is 7.02. The van der Waals surface area contributed by atoms with Crippen LogP contribution >= 0.6 is 11.8 Å². The fourth-order valence-corrected chi connectivity index (χ4v) is 1.81. The van der Waals surface area contributed by atoms with Crippen LogP contribution in [0, 0.1) is 0 Å². The fraction of sp³-hybridized carbons (Fsp3) is 0.636. The highest BCUT2D eigenvalue weighted by atomic mass is 32.2.